The van der Waals surface area contributed by atoms with E-state index in [0.29, 0.717) is 17.9 Å². The summed E-state index contributed by atoms with van der Waals surface area (Å²) in [5, 5.41) is 5.48. The van der Waals surface area contributed by atoms with Crippen molar-refractivity contribution >= 4 is 23.2 Å². The Balaban J connectivity index is 1.46. The van der Waals surface area contributed by atoms with Crippen LogP contribution in [0, 0.1) is 6.92 Å². The van der Waals surface area contributed by atoms with Crippen LogP contribution < -0.4 is 5.56 Å². The second-order valence-electron chi connectivity index (χ2n) is 7.08. The van der Waals surface area contributed by atoms with Gasteiger partial charge < -0.3 is 4.74 Å². The molecule has 1 amide bonds. The maximum Gasteiger partial charge on any atom is 0.354 e. The molecule has 30 heavy (non-hydrogen) atoms. The Hall–Kier alpha value is -3.81. The highest BCUT2D eigenvalue weighted by molar-refractivity contribution is 6.37. The van der Waals surface area contributed by atoms with Crippen molar-refractivity contribution in [1.82, 2.24) is 14.4 Å². The van der Waals surface area contributed by atoms with Crippen molar-refractivity contribution in [2.75, 3.05) is 0 Å². The lowest BCUT2D eigenvalue weighted by Gasteiger charge is -2.22. The van der Waals surface area contributed by atoms with Crippen molar-refractivity contribution in [3.63, 3.8) is 0 Å². The minimum Gasteiger partial charge on any atom is -0.455 e. The lowest BCUT2D eigenvalue weighted by molar-refractivity contribution is -0.138. The van der Waals surface area contributed by atoms with E-state index in [0.717, 1.165) is 11.1 Å². The normalized spacial score (nSPS) is 14.0. The molecule has 8 heteroatoms. The Bertz CT molecular complexity index is 1200. The van der Waals surface area contributed by atoms with Gasteiger partial charge in [-0.25, -0.2) is 14.8 Å². The largest absolute Gasteiger partial charge is 0.455 e. The molecule has 4 rings (SSSR count). The number of hydrogen-bond acceptors (Lipinski definition) is 6. The van der Waals surface area contributed by atoms with Crippen molar-refractivity contribution in [3.8, 4) is 0 Å². The van der Waals surface area contributed by atoms with Crippen LogP contribution in [0.3, 0.4) is 0 Å². The van der Waals surface area contributed by atoms with Gasteiger partial charge in [0, 0.05) is 25.1 Å². The molecule has 1 aromatic carbocycles. The summed E-state index contributed by atoms with van der Waals surface area (Å²) in [7, 11) is 0. The molecule has 152 valence electrons. The van der Waals surface area contributed by atoms with E-state index in [2.05, 4.69) is 10.1 Å². The highest BCUT2D eigenvalue weighted by Crippen LogP contribution is 2.14. The minimum atomic E-state index is -0.619. The monoisotopic (exact) mass is 404 g/mol. The quantitative estimate of drug-likeness (QED) is 0.608. The summed E-state index contributed by atoms with van der Waals surface area (Å²) in [6, 6.07) is 14.4. The highest BCUT2D eigenvalue weighted by Gasteiger charge is 2.25. The van der Waals surface area contributed by atoms with Gasteiger partial charge in [-0.05, 0) is 24.1 Å². The summed E-state index contributed by atoms with van der Waals surface area (Å²) < 4.78 is 6.75. The molecule has 0 radical (unpaired) electrons. The molecule has 0 saturated carbocycles. The van der Waals surface area contributed by atoms with Crippen LogP contribution in [-0.4, -0.2) is 32.0 Å². The van der Waals surface area contributed by atoms with Gasteiger partial charge in [0.2, 0.25) is 5.91 Å². The molecule has 2 aromatic heterocycles. The first kappa shape index (κ1) is 19.5. The third-order valence-electron chi connectivity index (χ3n) is 4.73. The van der Waals surface area contributed by atoms with Crippen LogP contribution in [0.25, 0.3) is 5.65 Å². The number of benzene rings is 1. The fourth-order valence-corrected chi connectivity index (χ4v) is 3.18. The molecule has 8 nitrogen and oxygen atoms in total. The molecule has 0 unspecified atom stereocenters. The van der Waals surface area contributed by atoms with Crippen LogP contribution >= 0.6 is 0 Å². The number of nitrogens with zero attached hydrogens (tertiary/aromatic N) is 4. The first-order valence-electron chi connectivity index (χ1n) is 9.57. The molecule has 0 N–H and O–H groups in total. The predicted molar refractivity (Wildman–Crippen MR) is 110 cm³/mol. The molecular formula is C22H20N4O4. The zero-order chi connectivity index (χ0) is 21.1. The van der Waals surface area contributed by atoms with E-state index in [1.807, 2.05) is 43.3 Å². The van der Waals surface area contributed by atoms with Crippen molar-refractivity contribution in [2.24, 2.45) is 5.10 Å². The van der Waals surface area contributed by atoms with Gasteiger partial charge in [-0.3, -0.25) is 14.0 Å². The smallest absolute Gasteiger partial charge is 0.354 e. The van der Waals surface area contributed by atoms with Crippen molar-refractivity contribution < 1.29 is 14.3 Å². The number of amides is 1. The second kappa shape index (κ2) is 8.28. The second-order valence-corrected chi connectivity index (χ2v) is 7.08. The average molecular weight is 404 g/mol. The maximum absolute atomic E-state index is 12.5. The van der Waals surface area contributed by atoms with Gasteiger partial charge in [0.1, 0.15) is 18.0 Å². The number of hydrazone groups is 1. The van der Waals surface area contributed by atoms with Gasteiger partial charge in [-0.2, -0.15) is 5.10 Å². The molecule has 0 fully saturated rings. The SMILES string of the molecule is Cc1ccc2nc(COC(=O)C3=NN(Cc4ccccc4)C(=O)CC3)cc(=O)n2c1. The third-order valence-corrected chi connectivity index (χ3v) is 4.73. The van der Waals surface area contributed by atoms with Crippen LogP contribution in [0.5, 0.6) is 0 Å². The Labute approximate surface area is 172 Å². The zero-order valence-electron chi connectivity index (χ0n) is 16.4. The Morgan fingerprint density at radius 3 is 2.70 bits per heavy atom. The van der Waals surface area contributed by atoms with Crippen molar-refractivity contribution in [2.45, 2.75) is 32.9 Å². The first-order chi connectivity index (χ1) is 14.5. The summed E-state index contributed by atoms with van der Waals surface area (Å²) in [6.07, 6.45) is 2.11. The number of aryl methyl sites for hydroxylation is 1. The average Bonchev–Trinajstić information content (AvgIpc) is 2.75. The van der Waals surface area contributed by atoms with E-state index in [1.165, 1.54) is 15.5 Å². The van der Waals surface area contributed by atoms with Gasteiger partial charge in [0.15, 0.2) is 0 Å². The van der Waals surface area contributed by atoms with E-state index < -0.39 is 5.97 Å². The minimum absolute atomic E-state index is 0.144. The Kier molecular flexibility index (Phi) is 5.38. The van der Waals surface area contributed by atoms with Crippen LogP contribution in [0.2, 0.25) is 0 Å². The molecule has 0 atom stereocenters. The topological polar surface area (TPSA) is 93.3 Å². The van der Waals surface area contributed by atoms with Gasteiger partial charge in [0.25, 0.3) is 5.56 Å². The zero-order valence-corrected chi connectivity index (χ0v) is 16.4. The van der Waals surface area contributed by atoms with Gasteiger partial charge in [-0.15, -0.1) is 0 Å². The first-order valence-corrected chi connectivity index (χ1v) is 9.57. The molecule has 0 spiro atoms. The summed E-state index contributed by atoms with van der Waals surface area (Å²) in [5.41, 5.74) is 2.62. The lowest BCUT2D eigenvalue weighted by atomic mass is 10.1. The summed E-state index contributed by atoms with van der Waals surface area (Å²) in [4.78, 5) is 41.2. The molecule has 0 bridgehead atoms. The number of fused-ring (bicyclic) bond motifs is 1. The van der Waals surface area contributed by atoms with Gasteiger partial charge in [0.05, 0.1) is 12.2 Å². The standard InChI is InChI=1S/C22H20N4O4/c1-15-7-9-19-23-17(11-21(28)25(19)12-15)14-30-22(29)18-8-10-20(27)26(24-18)13-16-5-3-2-4-6-16/h2-7,9,11-12H,8,10,13-14H2,1H3. The van der Waals surface area contributed by atoms with Gasteiger partial charge in [-0.1, -0.05) is 36.4 Å². The number of carbonyl (C=O) groups is 2. The van der Waals surface area contributed by atoms with E-state index in [9.17, 15) is 14.4 Å². The fourth-order valence-electron chi connectivity index (χ4n) is 3.18. The number of esters is 1. The van der Waals surface area contributed by atoms with Crippen LogP contribution in [0.1, 0.15) is 29.7 Å². The molecular weight excluding hydrogens is 384 g/mol. The van der Waals surface area contributed by atoms with E-state index in [4.69, 9.17) is 4.74 Å². The number of aromatic nitrogens is 2. The number of carbonyl (C=O) groups excluding carboxylic acids is 2. The Morgan fingerprint density at radius 1 is 1.10 bits per heavy atom. The molecule has 0 saturated heterocycles. The molecule has 1 aliphatic rings. The van der Waals surface area contributed by atoms with Crippen LogP contribution in [0.4, 0.5) is 0 Å². The summed E-state index contributed by atoms with van der Waals surface area (Å²) >= 11 is 0. The lowest BCUT2D eigenvalue weighted by Crippen LogP contribution is -2.34. The molecule has 0 aliphatic carbocycles. The predicted octanol–water partition coefficient (Wildman–Crippen LogP) is 2.22. The van der Waals surface area contributed by atoms with Crippen LogP contribution in [0.15, 0.2) is 64.6 Å². The van der Waals surface area contributed by atoms with Crippen molar-refractivity contribution in [1.29, 1.82) is 0 Å². The van der Waals surface area contributed by atoms with E-state index in [1.54, 1.807) is 12.3 Å². The number of ether oxygens (including phenoxy) is 1. The molecule has 1 aliphatic heterocycles. The number of pyridine rings is 1. The summed E-state index contributed by atoms with van der Waals surface area (Å²) in [6.45, 7) is 2.03. The van der Waals surface area contributed by atoms with Gasteiger partial charge >= 0.3 is 5.97 Å². The fraction of sp³-hybridized carbons (Fsp3) is 0.227. The summed E-state index contributed by atoms with van der Waals surface area (Å²) in [5.74, 6) is -0.763. The highest BCUT2D eigenvalue weighted by atomic mass is 16.5. The van der Waals surface area contributed by atoms with E-state index >= 15 is 0 Å². The third kappa shape index (κ3) is 4.27. The number of hydrogen-bond donors (Lipinski definition) is 0. The maximum atomic E-state index is 12.5. The Morgan fingerprint density at radius 2 is 1.90 bits per heavy atom. The van der Waals surface area contributed by atoms with Crippen molar-refractivity contribution in [3.05, 3.63) is 81.9 Å². The molecule has 3 heterocycles. The van der Waals surface area contributed by atoms with Crippen LogP contribution in [-0.2, 0) is 27.5 Å². The number of rotatable bonds is 5. The van der Waals surface area contributed by atoms with E-state index in [-0.39, 0.29) is 36.6 Å². The molecule has 3 aromatic rings.